The van der Waals surface area contributed by atoms with Gasteiger partial charge in [-0.1, -0.05) is 20.8 Å². The molecule has 0 spiro atoms. The van der Waals surface area contributed by atoms with Crippen LogP contribution in [0.1, 0.15) is 56.8 Å². The molecule has 0 bridgehead atoms. The van der Waals surface area contributed by atoms with Gasteiger partial charge in [-0.05, 0) is 36.3 Å². The van der Waals surface area contributed by atoms with Gasteiger partial charge in [0.25, 0.3) is 0 Å². The molecule has 1 aromatic heterocycles. The molecule has 1 aliphatic rings. The second kappa shape index (κ2) is 3.21. The second-order valence-corrected chi connectivity index (χ2v) is 4.56. The first kappa shape index (κ1) is 8.86. The molecule has 1 atom stereocenters. The summed E-state index contributed by atoms with van der Waals surface area (Å²) in [5.41, 5.74) is 1.34. The molecule has 0 N–H and O–H groups in total. The molecule has 1 heteroatoms. The van der Waals surface area contributed by atoms with Gasteiger partial charge in [0.15, 0.2) is 0 Å². The minimum Gasteiger partial charge on any atom is -0.469 e. The van der Waals surface area contributed by atoms with Crippen molar-refractivity contribution in [2.75, 3.05) is 0 Å². The fourth-order valence-corrected chi connectivity index (χ4v) is 1.74. The van der Waals surface area contributed by atoms with Crippen molar-refractivity contribution in [2.24, 2.45) is 5.92 Å². The Labute approximate surface area is 80.1 Å². The summed E-state index contributed by atoms with van der Waals surface area (Å²) in [6.45, 7) is 6.69. The van der Waals surface area contributed by atoms with Gasteiger partial charge in [-0.3, -0.25) is 0 Å². The number of hydrogen-bond donors (Lipinski definition) is 0. The van der Waals surface area contributed by atoms with Crippen molar-refractivity contribution in [1.82, 2.24) is 0 Å². The average Bonchev–Trinajstić information content (AvgIpc) is 2.81. The summed E-state index contributed by atoms with van der Waals surface area (Å²) in [5.74, 6) is 3.30. The Hall–Kier alpha value is -0.720. The molecular formula is C12H18O. The average molecular weight is 178 g/mol. The summed E-state index contributed by atoms with van der Waals surface area (Å²) in [5, 5.41) is 0. The van der Waals surface area contributed by atoms with Crippen LogP contribution in [0.2, 0.25) is 0 Å². The highest BCUT2D eigenvalue weighted by atomic mass is 16.3. The van der Waals surface area contributed by atoms with Crippen LogP contribution < -0.4 is 0 Å². The number of furan rings is 1. The van der Waals surface area contributed by atoms with E-state index >= 15 is 0 Å². The summed E-state index contributed by atoms with van der Waals surface area (Å²) in [4.78, 5) is 0. The molecule has 1 aliphatic carbocycles. The van der Waals surface area contributed by atoms with Crippen molar-refractivity contribution in [1.29, 1.82) is 0 Å². The summed E-state index contributed by atoms with van der Waals surface area (Å²) >= 11 is 0. The van der Waals surface area contributed by atoms with Crippen LogP contribution in [-0.2, 0) is 0 Å². The van der Waals surface area contributed by atoms with E-state index in [1.54, 1.807) is 0 Å². The van der Waals surface area contributed by atoms with E-state index in [0.29, 0.717) is 11.8 Å². The molecule has 0 amide bonds. The van der Waals surface area contributed by atoms with Crippen LogP contribution >= 0.6 is 0 Å². The van der Waals surface area contributed by atoms with Crippen LogP contribution in [0.5, 0.6) is 0 Å². The molecule has 1 nitrogen and oxygen atoms in total. The van der Waals surface area contributed by atoms with Crippen LogP contribution in [0.25, 0.3) is 0 Å². The van der Waals surface area contributed by atoms with Crippen molar-refractivity contribution < 1.29 is 4.42 Å². The van der Waals surface area contributed by atoms with Crippen LogP contribution in [0, 0.1) is 5.92 Å². The molecule has 0 saturated heterocycles. The van der Waals surface area contributed by atoms with Crippen molar-refractivity contribution in [3.05, 3.63) is 23.7 Å². The van der Waals surface area contributed by atoms with Crippen molar-refractivity contribution >= 4 is 0 Å². The van der Waals surface area contributed by atoms with E-state index in [9.17, 15) is 0 Å². The quantitative estimate of drug-likeness (QED) is 0.683. The minimum atomic E-state index is 0.587. The van der Waals surface area contributed by atoms with Gasteiger partial charge in [-0.2, -0.15) is 0 Å². The number of hydrogen-bond acceptors (Lipinski definition) is 1. The predicted octanol–water partition coefficient (Wildman–Crippen LogP) is 3.92. The summed E-state index contributed by atoms with van der Waals surface area (Å²) in [6, 6.07) is 2.23. The predicted molar refractivity (Wildman–Crippen MR) is 53.9 cm³/mol. The van der Waals surface area contributed by atoms with Gasteiger partial charge < -0.3 is 4.42 Å². The van der Waals surface area contributed by atoms with Crippen LogP contribution in [0.15, 0.2) is 16.7 Å². The SMILES string of the molecule is CC(C)c1coc([C@H](C)C2CC2)c1. The highest BCUT2D eigenvalue weighted by Crippen LogP contribution is 2.42. The maximum Gasteiger partial charge on any atom is 0.107 e. The zero-order valence-electron chi connectivity index (χ0n) is 8.71. The molecule has 2 rings (SSSR count). The number of rotatable bonds is 3. The van der Waals surface area contributed by atoms with E-state index < -0.39 is 0 Å². The smallest absolute Gasteiger partial charge is 0.107 e. The van der Waals surface area contributed by atoms with E-state index in [1.807, 2.05) is 6.26 Å². The summed E-state index contributed by atoms with van der Waals surface area (Å²) in [6.07, 6.45) is 4.69. The van der Waals surface area contributed by atoms with Gasteiger partial charge in [0.2, 0.25) is 0 Å². The molecule has 1 saturated carbocycles. The molecule has 0 aromatic carbocycles. The van der Waals surface area contributed by atoms with Gasteiger partial charge in [-0.15, -0.1) is 0 Å². The van der Waals surface area contributed by atoms with E-state index in [0.717, 1.165) is 5.92 Å². The third-order valence-corrected chi connectivity index (χ3v) is 3.08. The minimum absolute atomic E-state index is 0.587. The first-order valence-electron chi connectivity index (χ1n) is 5.27. The van der Waals surface area contributed by atoms with E-state index in [1.165, 1.54) is 24.2 Å². The Morgan fingerprint density at radius 3 is 2.46 bits per heavy atom. The summed E-state index contributed by atoms with van der Waals surface area (Å²) in [7, 11) is 0. The molecule has 13 heavy (non-hydrogen) atoms. The van der Waals surface area contributed by atoms with Gasteiger partial charge in [0, 0.05) is 5.92 Å². The molecule has 0 radical (unpaired) electrons. The van der Waals surface area contributed by atoms with E-state index in [2.05, 4.69) is 26.8 Å². The van der Waals surface area contributed by atoms with E-state index in [4.69, 9.17) is 4.42 Å². The summed E-state index contributed by atoms with van der Waals surface area (Å²) < 4.78 is 5.59. The molecule has 0 unspecified atom stereocenters. The third kappa shape index (κ3) is 1.79. The zero-order chi connectivity index (χ0) is 9.42. The van der Waals surface area contributed by atoms with Crippen LogP contribution in [-0.4, -0.2) is 0 Å². The largest absolute Gasteiger partial charge is 0.469 e. The highest BCUT2D eigenvalue weighted by Gasteiger charge is 2.30. The second-order valence-electron chi connectivity index (χ2n) is 4.56. The Morgan fingerprint density at radius 2 is 2.00 bits per heavy atom. The molecule has 1 fully saturated rings. The van der Waals surface area contributed by atoms with E-state index in [-0.39, 0.29) is 0 Å². The molecule has 0 aliphatic heterocycles. The monoisotopic (exact) mass is 178 g/mol. The van der Waals surface area contributed by atoms with Crippen LogP contribution in [0.3, 0.4) is 0 Å². The fraction of sp³-hybridized carbons (Fsp3) is 0.667. The van der Waals surface area contributed by atoms with Gasteiger partial charge in [-0.25, -0.2) is 0 Å². The first-order valence-corrected chi connectivity index (χ1v) is 5.27. The highest BCUT2D eigenvalue weighted by molar-refractivity contribution is 5.19. The molecular weight excluding hydrogens is 160 g/mol. The van der Waals surface area contributed by atoms with Crippen LogP contribution in [0.4, 0.5) is 0 Å². The maximum atomic E-state index is 5.59. The standard InChI is InChI=1S/C12H18O/c1-8(2)11-6-12(13-7-11)9(3)10-4-5-10/h6-10H,4-5H2,1-3H3/t9-/m1/s1. The lowest BCUT2D eigenvalue weighted by molar-refractivity contribution is 0.451. The fourth-order valence-electron chi connectivity index (χ4n) is 1.74. The van der Waals surface area contributed by atoms with Gasteiger partial charge in [0.1, 0.15) is 5.76 Å². The lowest BCUT2D eigenvalue weighted by Crippen LogP contribution is -1.92. The Balaban J connectivity index is 2.11. The molecule has 1 heterocycles. The maximum absolute atomic E-state index is 5.59. The Morgan fingerprint density at radius 1 is 1.31 bits per heavy atom. The van der Waals surface area contributed by atoms with Crippen molar-refractivity contribution in [2.45, 2.75) is 45.4 Å². The molecule has 72 valence electrons. The topological polar surface area (TPSA) is 13.1 Å². The van der Waals surface area contributed by atoms with Gasteiger partial charge >= 0.3 is 0 Å². The zero-order valence-corrected chi connectivity index (χ0v) is 8.71. The van der Waals surface area contributed by atoms with Gasteiger partial charge in [0.05, 0.1) is 6.26 Å². The lowest BCUT2D eigenvalue weighted by Gasteiger charge is -2.04. The Kier molecular flexibility index (Phi) is 2.19. The Bertz CT molecular complexity index is 281. The normalized spacial score (nSPS) is 19.4. The molecule has 1 aromatic rings. The third-order valence-electron chi connectivity index (χ3n) is 3.08. The first-order chi connectivity index (χ1) is 6.18. The lowest BCUT2D eigenvalue weighted by atomic mass is 10.0. The van der Waals surface area contributed by atoms with Crippen molar-refractivity contribution in [3.63, 3.8) is 0 Å². The van der Waals surface area contributed by atoms with Crippen molar-refractivity contribution in [3.8, 4) is 0 Å².